The first kappa shape index (κ1) is 35.6. The molecule has 1 aliphatic carbocycles. The Bertz CT molecular complexity index is 1520. The van der Waals surface area contributed by atoms with Gasteiger partial charge in [0, 0.05) is 21.2 Å². The Labute approximate surface area is 295 Å². The molecular weight excluding hydrogens is 615 g/mol. The van der Waals surface area contributed by atoms with Gasteiger partial charge in [0.2, 0.25) is 0 Å². The number of benzene rings is 4. The summed E-state index contributed by atoms with van der Waals surface area (Å²) in [6.45, 7) is 6.64. The Morgan fingerprint density at radius 3 is 1.79 bits per heavy atom. The second-order valence-electron chi connectivity index (χ2n) is 13.9. The van der Waals surface area contributed by atoms with Gasteiger partial charge in [-0.25, -0.2) is 0 Å². The summed E-state index contributed by atoms with van der Waals surface area (Å²) in [6.07, 6.45) is 18.8. The fourth-order valence-electron chi connectivity index (χ4n) is 7.28. The van der Waals surface area contributed by atoms with E-state index in [1.165, 1.54) is 89.0 Å². The summed E-state index contributed by atoms with van der Waals surface area (Å²) in [6, 6.07) is 30.1. The third kappa shape index (κ3) is 10.1. The molecule has 0 N–H and O–H groups in total. The molecule has 1 fully saturated rings. The lowest BCUT2D eigenvalue weighted by atomic mass is 9.77. The van der Waals surface area contributed by atoms with Gasteiger partial charge in [-0.05, 0) is 103 Å². The summed E-state index contributed by atoms with van der Waals surface area (Å²) >= 11 is 13.7. The third-order valence-electron chi connectivity index (χ3n) is 10.2. The van der Waals surface area contributed by atoms with Gasteiger partial charge in [0.25, 0.3) is 0 Å². The molecule has 0 radical (unpaired) electrons. The molecule has 1 unspecified atom stereocenters. The minimum absolute atomic E-state index is 0.222. The van der Waals surface area contributed by atoms with Crippen molar-refractivity contribution in [3.8, 4) is 39.1 Å². The molecule has 47 heavy (non-hydrogen) atoms. The van der Waals surface area contributed by atoms with Crippen LogP contribution < -0.4 is 4.74 Å². The van der Waals surface area contributed by atoms with Crippen LogP contribution in [0.5, 0.6) is 5.75 Å². The molecule has 1 atom stereocenters. The van der Waals surface area contributed by atoms with E-state index in [1.807, 2.05) is 12.1 Å². The van der Waals surface area contributed by atoms with Gasteiger partial charge in [0.15, 0.2) is 0 Å². The maximum atomic E-state index is 6.91. The molecule has 1 nitrogen and oxygen atoms in total. The molecule has 0 aromatic heterocycles. The Morgan fingerprint density at radius 1 is 0.596 bits per heavy atom. The minimum Gasteiger partial charge on any atom is -0.491 e. The average Bonchev–Trinajstić information content (AvgIpc) is 3.09. The second-order valence-corrected chi connectivity index (χ2v) is 14.7. The van der Waals surface area contributed by atoms with Crippen LogP contribution in [0.25, 0.3) is 33.4 Å². The number of hydrogen-bond acceptors (Lipinski definition) is 1. The van der Waals surface area contributed by atoms with Gasteiger partial charge in [-0.3, -0.25) is 0 Å². The van der Waals surface area contributed by atoms with Crippen molar-refractivity contribution in [1.29, 1.82) is 0 Å². The van der Waals surface area contributed by atoms with Crippen LogP contribution in [0.15, 0.2) is 84.9 Å². The molecule has 0 heterocycles. The Kier molecular flexibility index (Phi) is 13.7. The molecule has 0 amide bonds. The van der Waals surface area contributed by atoms with Crippen LogP contribution in [0.2, 0.25) is 10.0 Å². The van der Waals surface area contributed by atoms with E-state index in [1.54, 1.807) is 0 Å². The highest BCUT2D eigenvalue weighted by atomic mass is 35.5. The van der Waals surface area contributed by atoms with Gasteiger partial charge in [-0.2, -0.15) is 0 Å². The van der Waals surface area contributed by atoms with Gasteiger partial charge >= 0.3 is 0 Å². The van der Waals surface area contributed by atoms with E-state index in [9.17, 15) is 0 Å². The summed E-state index contributed by atoms with van der Waals surface area (Å²) in [5, 5.41) is 1.59. The van der Waals surface area contributed by atoms with E-state index in [2.05, 4.69) is 93.6 Å². The lowest BCUT2D eigenvalue weighted by Gasteiger charge is -2.29. The molecule has 5 rings (SSSR count). The molecule has 3 heteroatoms. The van der Waals surface area contributed by atoms with Gasteiger partial charge in [0.05, 0.1) is 6.10 Å². The molecule has 1 aliphatic rings. The SMILES string of the molecule is CCCCCCCCC1CCC(c2ccc(-c3ccc(-c4ccc(-c5ccc(OC(C)CCCC)cc5)c(Cl)c4)cc3)c(Cl)c2)CC1. The molecular formula is C44H54Cl2O. The normalized spacial score (nSPS) is 17.0. The number of rotatable bonds is 16. The highest BCUT2D eigenvalue weighted by Gasteiger charge is 2.23. The molecule has 0 bridgehead atoms. The van der Waals surface area contributed by atoms with E-state index in [4.69, 9.17) is 27.9 Å². The predicted octanol–water partition coefficient (Wildman–Crippen LogP) is 15.0. The zero-order valence-electron chi connectivity index (χ0n) is 28.9. The standard InChI is InChI=1S/C44H54Cl2O/c1-4-6-8-9-10-11-13-33-14-16-34(17-15-33)38-24-28-41(43(45)30-38)36-20-18-35(19-21-36)39-25-29-42(44(46)31-39)37-22-26-40(27-23-37)47-32(3)12-7-5-2/h18-34H,4-17H2,1-3H3. The van der Waals surface area contributed by atoms with Crippen molar-refractivity contribution in [3.05, 3.63) is 101 Å². The van der Waals surface area contributed by atoms with E-state index >= 15 is 0 Å². The third-order valence-corrected chi connectivity index (χ3v) is 10.9. The smallest absolute Gasteiger partial charge is 0.119 e. The first-order valence-electron chi connectivity index (χ1n) is 18.4. The van der Waals surface area contributed by atoms with Gasteiger partial charge in [-0.1, -0.05) is 156 Å². The van der Waals surface area contributed by atoms with Crippen molar-refractivity contribution < 1.29 is 4.74 Å². The average molecular weight is 670 g/mol. The molecule has 0 saturated heterocycles. The number of unbranched alkanes of at least 4 members (excludes halogenated alkanes) is 6. The molecule has 4 aromatic rings. The second kappa shape index (κ2) is 18.1. The molecule has 1 saturated carbocycles. The van der Waals surface area contributed by atoms with Crippen molar-refractivity contribution in [2.75, 3.05) is 0 Å². The van der Waals surface area contributed by atoms with Crippen LogP contribution in [-0.2, 0) is 0 Å². The zero-order chi connectivity index (χ0) is 33.0. The monoisotopic (exact) mass is 668 g/mol. The largest absolute Gasteiger partial charge is 0.491 e. The fraction of sp³-hybridized carbons (Fsp3) is 0.455. The lowest BCUT2D eigenvalue weighted by molar-refractivity contribution is 0.207. The fourth-order valence-corrected chi connectivity index (χ4v) is 7.87. The first-order valence-corrected chi connectivity index (χ1v) is 19.2. The van der Waals surface area contributed by atoms with Crippen molar-refractivity contribution in [1.82, 2.24) is 0 Å². The van der Waals surface area contributed by atoms with Gasteiger partial charge in [0.1, 0.15) is 5.75 Å². The van der Waals surface area contributed by atoms with E-state index in [0.29, 0.717) is 5.92 Å². The van der Waals surface area contributed by atoms with Crippen LogP contribution >= 0.6 is 23.2 Å². The van der Waals surface area contributed by atoms with Crippen LogP contribution in [0, 0.1) is 5.92 Å². The quantitative estimate of drug-likeness (QED) is 0.108. The predicted molar refractivity (Wildman–Crippen MR) is 205 cm³/mol. The lowest BCUT2D eigenvalue weighted by Crippen LogP contribution is -2.13. The molecule has 4 aromatic carbocycles. The number of halogens is 2. The van der Waals surface area contributed by atoms with Crippen LogP contribution in [-0.4, -0.2) is 6.10 Å². The Hall–Kier alpha value is -2.74. The summed E-state index contributed by atoms with van der Waals surface area (Å²) in [4.78, 5) is 0. The summed E-state index contributed by atoms with van der Waals surface area (Å²) in [7, 11) is 0. The molecule has 0 aliphatic heterocycles. The van der Waals surface area contributed by atoms with Crippen molar-refractivity contribution in [2.45, 2.75) is 123 Å². The van der Waals surface area contributed by atoms with Crippen molar-refractivity contribution in [3.63, 3.8) is 0 Å². The summed E-state index contributed by atoms with van der Waals surface area (Å²) < 4.78 is 6.08. The summed E-state index contributed by atoms with van der Waals surface area (Å²) in [5.41, 5.74) is 8.00. The van der Waals surface area contributed by atoms with Crippen LogP contribution in [0.3, 0.4) is 0 Å². The van der Waals surface area contributed by atoms with E-state index in [-0.39, 0.29) is 6.10 Å². The highest BCUT2D eigenvalue weighted by Crippen LogP contribution is 2.41. The van der Waals surface area contributed by atoms with E-state index < -0.39 is 0 Å². The zero-order valence-corrected chi connectivity index (χ0v) is 30.4. The van der Waals surface area contributed by atoms with Crippen molar-refractivity contribution >= 4 is 23.2 Å². The maximum Gasteiger partial charge on any atom is 0.119 e. The van der Waals surface area contributed by atoms with Crippen LogP contribution in [0.4, 0.5) is 0 Å². The maximum absolute atomic E-state index is 6.91. The number of ether oxygens (including phenoxy) is 1. The molecule has 0 spiro atoms. The molecule has 250 valence electrons. The highest BCUT2D eigenvalue weighted by molar-refractivity contribution is 6.34. The minimum atomic E-state index is 0.222. The van der Waals surface area contributed by atoms with Crippen molar-refractivity contribution in [2.24, 2.45) is 5.92 Å². The number of hydrogen-bond donors (Lipinski definition) is 0. The first-order chi connectivity index (χ1) is 22.9. The Balaban J connectivity index is 1.16. The van der Waals surface area contributed by atoms with E-state index in [0.717, 1.165) is 61.5 Å². The van der Waals surface area contributed by atoms with Gasteiger partial charge < -0.3 is 4.74 Å². The van der Waals surface area contributed by atoms with Gasteiger partial charge in [-0.15, -0.1) is 0 Å². The van der Waals surface area contributed by atoms with Crippen LogP contribution in [0.1, 0.15) is 122 Å². The topological polar surface area (TPSA) is 9.23 Å². The Morgan fingerprint density at radius 2 is 1.15 bits per heavy atom. The summed E-state index contributed by atoms with van der Waals surface area (Å²) in [5.74, 6) is 2.47.